The Kier molecular flexibility index (Phi) is 5.24. The molecule has 0 saturated heterocycles. The molecule has 2 aromatic rings. The van der Waals surface area contributed by atoms with Gasteiger partial charge in [0.15, 0.2) is 0 Å². The number of hydrogen-bond donors (Lipinski definition) is 0. The van der Waals surface area contributed by atoms with Crippen molar-refractivity contribution in [1.82, 2.24) is 9.55 Å². The molecule has 0 fully saturated rings. The number of carbonyl (C=O) groups is 3. The van der Waals surface area contributed by atoms with Crippen LogP contribution in [0.25, 0.3) is 0 Å². The van der Waals surface area contributed by atoms with Gasteiger partial charge in [0.1, 0.15) is 18.9 Å². The first-order valence-corrected chi connectivity index (χ1v) is 6.87. The lowest BCUT2D eigenvalue weighted by Crippen LogP contribution is -2.15. The van der Waals surface area contributed by atoms with E-state index in [1.807, 2.05) is 0 Å². The van der Waals surface area contributed by atoms with Gasteiger partial charge in [0.25, 0.3) is 0 Å². The Morgan fingerprint density at radius 1 is 1.17 bits per heavy atom. The minimum Gasteiger partial charge on any atom is -0.465 e. The fourth-order valence-corrected chi connectivity index (χ4v) is 1.95. The number of carbonyl (C=O) groups excluding carboxylic acids is 3. The number of hydrogen-bond acceptors (Lipinski definition) is 6. The van der Waals surface area contributed by atoms with Crippen LogP contribution in [-0.4, -0.2) is 34.5 Å². The van der Waals surface area contributed by atoms with Gasteiger partial charge >= 0.3 is 11.9 Å². The van der Waals surface area contributed by atoms with Gasteiger partial charge in [0.05, 0.1) is 12.7 Å². The summed E-state index contributed by atoms with van der Waals surface area (Å²) in [7, 11) is 1.31. The van der Waals surface area contributed by atoms with E-state index in [0.29, 0.717) is 11.4 Å². The molecule has 0 aliphatic heterocycles. The van der Waals surface area contributed by atoms with Gasteiger partial charge in [0, 0.05) is 19.3 Å². The molecular weight excluding hydrogens is 300 g/mol. The average Bonchev–Trinajstić information content (AvgIpc) is 3.01. The van der Waals surface area contributed by atoms with Crippen LogP contribution in [0.3, 0.4) is 0 Å². The molecular formula is C16H16N2O5. The number of aromatic nitrogens is 2. The zero-order chi connectivity index (χ0) is 16.8. The number of nitrogens with zero attached hydrogens (tertiary/aromatic N) is 2. The largest absolute Gasteiger partial charge is 0.465 e. The highest BCUT2D eigenvalue weighted by Gasteiger charge is 2.13. The normalized spacial score (nSPS) is 10.2. The van der Waals surface area contributed by atoms with Gasteiger partial charge < -0.3 is 9.47 Å². The Hall–Kier alpha value is -2.96. The lowest BCUT2D eigenvalue weighted by molar-refractivity contribution is -0.144. The van der Waals surface area contributed by atoms with Crippen LogP contribution in [0.1, 0.15) is 33.5 Å². The standard InChI is InChI=1S/C16H16N2O5/c1-11(19)18-8-7-17-14(18)9-15(20)23-10-12-3-5-13(6-4-12)16(21)22-2/h3-8H,9-10H2,1-2H3. The molecule has 1 aromatic carbocycles. The molecule has 7 heteroatoms. The summed E-state index contributed by atoms with van der Waals surface area (Å²) in [5.74, 6) is -0.799. The number of methoxy groups -OCH3 is 1. The summed E-state index contributed by atoms with van der Waals surface area (Å²) in [6.07, 6.45) is 2.86. The Bertz CT molecular complexity index is 718. The Balaban J connectivity index is 1.90. The van der Waals surface area contributed by atoms with E-state index in [0.717, 1.165) is 5.56 Å². The minimum absolute atomic E-state index is 0.0705. The fraction of sp³-hybridized carbons (Fsp3) is 0.250. The van der Waals surface area contributed by atoms with Crippen molar-refractivity contribution >= 4 is 17.8 Å². The van der Waals surface area contributed by atoms with E-state index in [9.17, 15) is 14.4 Å². The first-order chi connectivity index (χ1) is 11.0. The van der Waals surface area contributed by atoms with Gasteiger partial charge in [-0.1, -0.05) is 12.1 Å². The van der Waals surface area contributed by atoms with Crippen molar-refractivity contribution in [2.75, 3.05) is 7.11 Å². The van der Waals surface area contributed by atoms with E-state index in [1.54, 1.807) is 24.3 Å². The molecule has 0 aliphatic carbocycles. The first-order valence-electron chi connectivity index (χ1n) is 6.87. The van der Waals surface area contributed by atoms with Crippen LogP contribution in [0.4, 0.5) is 0 Å². The molecule has 0 spiro atoms. The predicted octanol–water partition coefficient (Wildman–Crippen LogP) is 1.62. The second-order valence-electron chi connectivity index (χ2n) is 4.76. The van der Waals surface area contributed by atoms with Crippen molar-refractivity contribution in [3.63, 3.8) is 0 Å². The van der Waals surface area contributed by atoms with Crippen LogP contribution in [0.15, 0.2) is 36.7 Å². The van der Waals surface area contributed by atoms with E-state index < -0.39 is 11.9 Å². The molecule has 1 heterocycles. The lowest BCUT2D eigenvalue weighted by atomic mass is 10.1. The maximum absolute atomic E-state index is 11.8. The molecule has 0 bridgehead atoms. The minimum atomic E-state index is -0.490. The van der Waals surface area contributed by atoms with E-state index in [4.69, 9.17) is 4.74 Å². The second kappa shape index (κ2) is 7.35. The highest BCUT2D eigenvalue weighted by molar-refractivity contribution is 5.89. The van der Waals surface area contributed by atoms with Crippen molar-refractivity contribution in [2.24, 2.45) is 0 Å². The van der Waals surface area contributed by atoms with Crippen molar-refractivity contribution in [1.29, 1.82) is 0 Å². The molecule has 1 aromatic heterocycles. The van der Waals surface area contributed by atoms with Gasteiger partial charge in [-0.3, -0.25) is 14.2 Å². The van der Waals surface area contributed by atoms with E-state index >= 15 is 0 Å². The summed E-state index contributed by atoms with van der Waals surface area (Å²) in [4.78, 5) is 38.4. The summed E-state index contributed by atoms with van der Waals surface area (Å²) >= 11 is 0. The van der Waals surface area contributed by atoms with Crippen LogP contribution in [0.5, 0.6) is 0 Å². The summed E-state index contributed by atoms with van der Waals surface area (Å²) in [6, 6.07) is 6.54. The predicted molar refractivity (Wildman–Crippen MR) is 79.8 cm³/mol. The molecule has 0 unspecified atom stereocenters. The molecule has 0 saturated carbocycles. The highest BCUT2D eigenvalue weighted by Crippen LogP contribution is 2.08. The Labute approximate surface area is 132 Å². The zero-order valence-corrected chi connectivity index (χ0v) is 12.8. The summed E-state index contributed by atoms with van der Waals surface area (Å²) in [5, 5.41) is 0. The van der Waals surface area contributed by atoms with Crippen molar-refractivity contribution in [2.45, 2.75) is 20.0 Å². The van der Waals surface area contributed by atoms with Crippen molar-refractivity contribution < 1.29 is 23.9 Å². The third kappa shape index (κ3) is 4.26. The summed E-state index contributed by atoms with van der Waals surface area (Å²) in [5.41, 5.74) is 1.16. The van der Waals surface area contributed by atoms with E-state index in [-0.39, 0.29) is 18.9 Å². The SMILES string of the molecule is COC(=O)c1ccc(COC(=O)Cc2nccn2C(C)=O)cc1. The Morgan fingerprint density at radius 2 is 1.87 bits per heavy atom. The van der Waals surface area contributed by atoms with Crippen LogP contribution in [-0.2, 0) is 27.3 Å². The van der Waals surface area contributed by atoms with Crippen LogP contribution >= 0.6 is 0 Å². The average molecular weight is 316 g/mol. The molecule has 0 atom stereocenters. The molecule has 0 radical (unpaired) electrons. The van der Waals surface area contributed by atoms with Crippen molar-refractivity contribution in [3.05, 3.63) is 53.6 Å². The maximum Gasteiger partial charge on any atom is 0.337 e. The molecule has 23 heavy (non-hydrogen) atoms. The monoisotopic (exact) mass is 316 g/mol. The molecule has 120 valence electrons. The summed E-state index contributed by atoms with van der Waals surface area (Å²) < 4.78 is 11.0. The quantitative estimate of drug-likeness (QED) is 0.779. The fourth-order valence-electron chi connectivity index (χ4n) is 1.95. The number of imidazole rings is 1. The summed E-state index contributed by atoms with van der Waals surface area (Å²) in [6.45, 7) is 1.46. The molecule has 0 N–H and O–H groups in total. The maximum atomic E-state index is 11.8. The number of rotatable bonds is 5. The number of benzene rings is 1. The smallest absolute Gasteiger partial charge is 0.337 e. The van der Waals surface area contributed by atoms with E-state index in [2.05, 4.69) is 9.72 Å². The molecule has 7 nitrogen and oxygen atoms in total. The molecule has 0 aliphatic rings. The van der Waals surface area contributed by atoms with Gasteiger partial charge in [0.2, 0.25) is 5.91 Å². The first kappa shape index (κ1) is 16.4. The van der Waals surface area contributed by atoms with E-state index in [1.165, 1.54) is 31.0 Å². The van der Waals surface area contributed by atoms with Gasteiger partial charge in [-0.25, -0.2) is 9.78 Å². The number of ether oxygens (including phenoxy) is 2. The van der Waals surface area contributed by atoms with Gasteiger partial charge in [-0.05, 0) is 17.7 Å². The third-order valence-electron chi connectivity index (χ3n) is 3.13. The van der Waals surface area contributed by atoms with Gasteiger partial charge in [-0.15, -0.1) is 0 Å². The van der Waals surface area contributed by atoms with Crippen LogP contribution in [0.2, 0.25) is 0 Å². The second-order valence-corrected chi connectivity index (χ2v) is 4.76. The van der Waals surface area contributed by atoms with Crippen LogP contribution in [0, 0.1) is 0 Å². The number of esters is 2. The molecule has 0 amide bonds. The lowest BCUT2D eigenvalue weighted by Gasteiger charge is -2.06. The molecule has 2 rings (SSSR count). The van der Waals surface area contributed by atoms with Crippen LogP contribution < -0.4 is 0 Å². The van der Waals surface area contributed by atoms with Gasteiger partial charge in [-0.2, -0.15) is 0 Å². The third-order valence-corrected chi connectivity index (χ3v) is 3.13. The van der Waals surface area contributed by atoms with Crippen molar-refractivity contribution in [3.8, 4) is 0 Å². The topological polar surface area (TPSA) is 87.5 Å². The highest BCUT2D eigenvalue weighted by atomic mass is 16.5. The Morgan fingerprint density at radius 3 is 2.48 bits per heavy atom. The zero-order valence-electron chi connectivity index (χ0n) is 12.8.